The molecule has 100 valence electrons. The molecule has 0 unspecified atom stereocenters. The fraction of sp³-hybridized carbons (Fsp3) is 0.538. The van der Waals surface area contributed by atoms with Crippen molar-refractivity contribution in [3.8, 4) is 0 Å². The summed E-state index contributed by atoms with van der Waals surface area (Å²) >= 11 is 0. The molecule has 3 nitrogen and oxygen atoms in total. The molecule has 1 aliphatic heterocycles. The molecule has 1 aliphatic rings. The Morgan fingerprint density at radius 1 is 1.39 bits per heavy atom. The van der Waals surface area contributed by atoms with Crippen LogP contribution in [0.25, 0.3) is 0 Å². The molecule has 0 amide bonds. The highest BCUT2D eigenvalue weighted by Crippen LogP contribution is 2.11. The van der Waals surface area contributed by atoms with Crippen LogP contribution in [-0.4, -0.2) is 44.3 Å². The van der Waals surface area contributed by atoms with Gasteiger partial charge in [-0.05, 0) is 19.2 Å². The lowest BCUT2D eigenvalue weighted by atomic mass is 10.2. The van der Waals surface area contributed by atoms with Gasteiger partial charge < -0.3 is 15.0 Å². The molecule has 0 radical (unpaired) electrons. The average molecular weight is 256 g/mol. The minimum Gasteiger partial charge on any atom is -0.374 e. The fourth-order valence-corrected chi connectivity index (χ4v) is 2.05. The van der Waals surface area contributed by atoms with Crippen LogP contribution in [0.2, 0.25) is 0 Å². The number of nitrogens with one attached hydrogen (secondary N) is 1. The Morgan fingerprint density at radius 2 is 2.11 bits per heavy atom. The van der Waals surface area contributed by atoms with Crippen molar-refractivity contribution in [2.75, 3.05) is 33.3 Å². The Bertz CT molecular complexity index is 380. The zero-order valence-corrected chi connectivity index (χ0v) is 10.5. The maximum atomic E-state index is 13.4. The van der Waals surface area contributed by atoms with Crippen molar-refractivity contribution in [1.29, 1.82) is 0 Å². The highest BCUT2D eigenvalue weighted by atomic mass is 19.1. The van der Waals surface area contributed by atoms with E-state index in [4.69, 9.17) is 4.74 Å². The van der Waals surface area contributed by atoms with Gasteiger partial charge >= 0.3 is 0 Å². The zero-order chi connectivity index (χ0) is 13.0. The molecule has 1 heterocycles. The molecular weight excluding hydrogens is 238 g/mol. The normalized spacial score (nSPS) is 21.2. The second-order valence-corrected chi connectivity index (χ2v) is 4.59. The summed E-state index contributed by atoms with van der Waals surface area (Å²) < 4.78 is 32.3. The second kappa shape index (κ2) is 6.22. The molecule has 0 saturated carbocycles. The van der Waals surface area contributed by atoms with Crippen LogP contribution in [0.15, 0.2) is 18.2 Å². The molecule has 0 bridgehead atoms. The molecule has 1 N–H and O–H groups in total. The molecule has 1 atom stereocenters. The third-order valence-electron chi connectivity index (χ3n) is 3.08. The summed E-state index contributed by atoms with van der Waals surface area (Å²) in [5, 5.41) is 3.04. The maximum absolute atomic E-state index is 13.4. The van der Waals surface area contributed by atoms with Gasteiger partial charge in [0.25, 0.3) is 0 Å². The lowest BCUT2D eigenvalue weighted by molar-refractivity contribution is -0.0182. The van der Waals surface area contributed by atoms with Gasteiger partial charge in [0.05, 0.1) is 12.7 Å². The Labute approximate surface area is 106 Å². The largest absolute Gasteiger partial charge is 0.374 e. The lowest BCUT2D eigenvalue weighted by Crippen LogP contribution is -2.44. The van der Waals surface area contributed by atoms with Gasteiger partial charge in [-0.15, -0.1) is 0 Å². The lowest BCUT2D eigenvalue weighted by Gasteiger charge is -2.30. The number of likely N-dealkylation sites (N-methyl/N-ethyl adjacent to an activating group) is 1. The highest BCUT2D eigenvalue weighted by Gasteiger charge is 2.17. The number of nitrogens with zero attached hydrogens (tertiary/aromatic N) is 1. The Hall–Kier alpha value is -1.04. The van der Waals surface area contributed by atoms with Gasteiger partial charge in [-0.2, -0.15) is 0 Å². The Kier molecular flexibility index (Phi) is 4.63. The van der Waals surface area contributed by atoms with Crippen molar-refractivity contribution >= 4 is 0 Å². The molecule has 0 aromatic heterocycles. The molecule has 5 heteroatoms. The third-order valence-corrected chi connectivity index (χ3v) is 3.08. The number of morpholine rings is 1. The first kappa shape index (κ1) is 13.4. The van der Waals surface area contributed by atoms with Crippen LogP contribution in [0.4, 0.5) is 8.78 Å². The molecule has 1 fully saturated rings. The SMILES string of the molecule is CN1CCO[C@@H](CNCc2c(F)cccc2F)C1. The van der Waals surface area contributed by atoms with Crippen LogP contribution in [0.1, 0.15) is 5.56 Å². The summed E-state index contributed by atoms with van der Waals surface area (Å²) in [5.74, 6) is -1.02. The second-order valence-electron chi connectivity index (χ2n) is 4.59. The molecular formula is C13H18F2N2O. The predicted octanol–water partition coefficient (Wildman–Crippen LogP) is 1.38. The van der Waals surface area contributed by atoms with E-state index in [2.05, 4.69) is 10.2 Å². The van der Waals surface area contributed by atoms with Crippen molar-refractivity contribution in [3.05, 3.63) is 35.4 Å². The monoisotopic (exact) mass is 256 g/mol. The zero-order valence-electron chi connectivity index (χ0n) is 10.5. The number of hydrogen-bond acceptors (Lipinski definition) is 3. The summed E-state index contributed by atoms with van der Waals surface area (Å²) in [7, 11) is 2.03. The van der Waals surface area contributed by atoms with Gasteiger partial charge in [0.15, 0.2) is 0 Å². The molecule has 0 spiro atoms. The van der Waals surface area contributed by atoms with Gasteiger partial charge in [-0.25, -0.2) is 8.78 Å². The standard InChI is InChI=1S/C13H18F2N2O/c1-17-5-6-18-10(9-17)7-16-8-11-12(14)3-2-4-13(11)15/h2-4,10,16H,5-9H2,1H3/t10-/m0/s1. The van der Waals surface area contributed by atoms with E-state index in [9.17, 15) is 8.78 Å². The minimum atomic E-state index is -0.510. The quantitative estimate of drug-likeness (QED) is 0.881. The van der Waals surface area contributed by atoms with Gasteiger partial charge in [-0.3, -0.25) is 0 Å². The number of ether oxygens (including phenoxy) is 1. The first-order chi connectivity index (χ1) is 8.66. The summed E-state index contributed by atoms with van der Waals surface area (Å²) in [4.78, 5) is 2.18. The number of rotatable bonds is 4. The van der Waals surface area contributed by atoms with Crippen LogP contribution < -0.4 is 5.32 Å². The van der Waals surface area contributed by atoms with Gasteiger partial charge in [0, 0.05) is 31.7 Å². The van der Waals surface area contributed by atoms with Crippen LogP contribution >= 0.6 is 0 Å². The third kappa shape index (κ3) is 3.48. The average Bonchev–Trinajstić information content (AvgIpc) is 2.33. The first-order valence-corrected chi connectivity index (χ1v) is 6.10. The van der Waals surface area contributed by atoms with E-state index >= 15 is 0 Å². The Balaban J connectivity index is 1.81. The number of halogens is 2. The van der Waals surface area contributed by atoms with E-state index in [1.807, 2.05) is 7.05 Å². The van der Waals surface area contributed by atoms with E-state index < -0.39 is 11.6 Å². The molecule has 18 heavy (non-hydrogen) atoms. The van der Waals surface area contributed by atoms with Crippen molar-refractivity contribution < 1.29 is 13.5 Å². The summed E-state index contributed by atoms with van der Waals surface area (Å²) in [6, 6.07) is 3.91. The summed E-state index contributed by atoms with van der Waals surface area (Å²) in [6.07, 6.45) is 0.0820. The van der Waals surface area contributed by atoms with Crippen LogP contribution in [0.3, 0.4) is 0 Å². The summed E-state index contributed by atoms with van der Waals surface area (Å²) in [6.45, 7) is 3.25. The van der Waals surface area contributed by atoms with Crippen molar-refractivity contribution in [1.82, 2.24) is 10.2 Å². The van der Waals surface area contributed by atoms with Gasteiger partial charge in [-0.1, -0.05) is 6.07 Å². The first-order valence-electron chi connectivity index (χ1n) is 6.10. The molecule has 1 aromatic rings. The highest BCUT2D eigenvalue weighted by molar-refractivity contribution is 5.19. The van der Waals surface area contributed by atoms with Crippen LogP contribution in [0.5, 0.6) is 0 Å². The predicted molar refractivity (Wildman–Crippen MR) is 65.3 cm³/mol. The van der Waals surface area contributed by atoms with Crippen molar-refractivity contribution in [2.45, 2.75) is 12.6 Å². The molecule has 2 rings (SSSR count). The van der Waals surface area contributed by atoms with E-state index in [1.165, 1.54) is 18.2 Å². The van der Waals surface area contributed by atoms with Gasteiger partial charge in [0.1, 0.15) is 11.6 Å². The van der Waals surface area contributed by atoms with Crippen molar-refractivity contribution in [3.63, 3.8) is 0 Å². The van der Waals surface area contributed by atoms with Crippen LogP contribution in [-0.2, 0) is 11.3 Å². The van der Waals surface area contributed by atoms with E-state index in [0.717, 1.165) is 13.1 Å². The molecule has 1 saturated heterocycles. The van der Waals surface area contributed by atoms with E-state index in [0.29, 0.717) is 13.2 Å². The smallest absolute Gasteiger partial charge is 0.130 e. The molecule has 0 aliphatic carbocycles. The fourth-order valence-electron chi connectivity index (χ4n) is 2.05. The minimum absolute atomic E-state index is 0.0820. The summed E-state index contributed by atoms with van der Waals surface area (Å²) in [5.41, 5.74) is 0.0849. The molecule has 1 aromatic carbocycles. The topological polar surface area (TPSA) is 24.5 Å². The van der Waals surface area contributed by atoms with Gasteiger partial charge in [0.2, 0.25) is 0 Å². The van der Waals surface area contributed by atoms with Crippen molar-refractivity contribution in [2.24, 2.45) is 0 Å². The van der Waals surface area contributed by atoms with E-state index in [1.54, 1.807) is 0 Å². The number of benzene rings is 1. The Morgan fingerprint density at radius 3 is 2.78 bits per heavy atom. The number of hydrogen-bond donors (Lipinski definition) is 1. The maximum Gasteiger partial charge on any atom is 0.130 e. The van der Waals surface area contributed by atoms with Crippen LogP contribution in [0, 0.1) is 11.6 Å². The van der Waals surface area contributed by atoms with E-state index in [-0.39, 0.29) is 18.2 Å².